The van der Waals surface area contributed by atoms with E-state index in [9.17, 15) is 13.6 Å². The molecule has 1 N–H and O–H groups in total. The van der Waals surface area contributed by atoms with E-state index in [0.717, 1.165) is 36.7 Å². The van der Waals surface area contributed by atoms with Crippen LogP contribution in [0.15, 0.2) is 42.5 Å². The second-order valence-corrected chi connectivity index (χ2v) is 12.5. The number of carbonyl (C=O) groups is 1. The van der Waals surface area contributed by atoms with E-state index in [0.29, 0.717) is 29.3 Å². The van der Waals surface area contributed by atoms with Crippen molar-refractivity contribution in [1.82, 2.24) is 14.5 Å². The lowest BCUT2D eigenvalue weighted by molar-refractivity contribution is -0.132. The number of benzene rings is 2. The summed E-state index contributed by atoms with van der Waals surface area (Å²) in [7, 11) is 3.20. The van der Waals surface area contributed by atoms with Crippen LogP contribution in [0.4, 0.5) is 20.4 Å². The van der Waals surface area contributed by atoms with Crippen LogP contribution in [0.25, 0.3) is 11.0 Å². The lowest BCUT2D eigenvalue weighted by atomic mass is 9.70. The van der Waals surface area contributed by atoms with Gasteiger partial charge in [-0.1, -0.05) is 20.8 Å². The number of fused-ring (bicyclic) bond motifs is 1. The molecule has 0 bridgehead atoms. The van der Waals surface area contributed by atoms with Gasteiger partial charge in [0, 0.05) is 30.9 Å². The molecule has 3 aromatic rings. The summed E-state index contributed by atoms with van der Waals surface area (Å²) in [5, 5.41) is 3.40. The van der Waals surface area contributed by atoms with Crippen molar-refractivity contribution in [3.8, 4) is 11.5 Å². The molecule has 2 unspecified atom stereocenters. The number of ether oxygens (including phenoxy) is 2. The Kier molecular flexibility index (Phi) is 7.49. The maximum Gasteiger partial charge on any atom is 0.408 e. The van der Waals surface area contributed by atoms with Gasteiger partial charge in [-0.25, -0.2) is 4.98 Å². The van der Waals surface area contributed by atoms with Crippen LogP contribution in [0, 0.1) is 11.3 Å². The topological polar surface area (TPSA) is 68.6 Å². The highest BCUT2D eigenvalue weighted by Gasteiger charge is 2.35. The molecule has 7 nitrogen and oxygen atoms in total. The molecule has 2 fully saturated rings. The van der Waals surface area contributed by atoms with Gasteiger partial charge in [0.05, 0.1) is 11.0 Å². The average molecular weight is 559 g/mol. The second-order valence-electron chi connectivity index (χ2n) is 11.9. The third kappa shape index (κ3) is 6.81. The summed E-state index contributed by atoms with van der Waals surface area (Å²) in [6.45, 7) is 6.90. The number of carbonyl (C=O) groups excluding carboxylic acids is 1. The molecular formula is C29H37F2N4O3P. The Morgan fingerprint density at radius 1 is 1.18 bits per heavy atom. The molecule has 0 aliphatic heterocycles. The number of anilines is 2. The van der Waals surface area contributed by atoms with E-state index >= 15 is 0 Å². The summed E-state index contributed by atoms with van der Waals surface area (Å²) in [6, 6.07) is 12.7. The zero-order chi connectivity index (χ0) is 27.9. The van der Waals surface area contributed by atoms with E-state index in [-0.39, 0.29) is 29.7 Å². The number of nitrogens with one attached hydrogen (secondary N) is 1. The quantitative estimate of drug-likeness (QED) is 0.287. The Labute approximate surface area is 230 Å². The molecule has 5 rings (SSSR count). The van der Waals surface area contributed by atoms with Crippen LogP contribution in [0.2, 0.25) is 0 Å². The first kappa shape index (κ1) is 27.6. The van der Waals surface area contributed by atoms with Crippen molar-refractivity contribution in [2.24, 2.45) is 11.3 Å². The van der Waals surface area contributed by atoms with Crippen molar-refractivity contribution < 1.29 is 23.0 Å². The van der Waals surface area contributed by atoms with Gasteiger partial charge in [0.25, 0.3) is 5.91 Å². The molecule has 3 atom stereocenters. The van der Waals surface area contributed by atoms with Crippen LogP contribution >= 0.6 is 9.24 Å². The minimum Gasteiger partial charge on any atom is -0.484 e. The summed E-state index contributed by atoms with van der Waals surface area (Å²) in [6.07, 6.45) is 5.31. The van der Waals surface area contributed by atoms with Crippen LogP contribution < -0.4 is 14.8 Å². The Hall–Kier alpha value is -2.93. The predicted octanol–water partition coefficient (Wildman–Crippen LogP) is 6.97. The van der Waals surface area contributed by atoms with Crippen molar-refractivity contribution in [2.75, 3.05) is 19.0 Å². The molecule has 2 aliphatic rings. The standard InChI is InChI=1S/C29H37F2N4O3P/c1-18-13-21(16-28(2,3)15-18)35-25-12-11-23(37-17-26(36)34(4)20-7-8-20)14-24(25)33-27(35)32-19-5-9-22(10-6-19)38-29(30,31)39/h5-6,9-12,14,18,20-21H,7-8,13,15-17,39H2,1-4H3,(H,32,33)/t18-,21?/m0/s1. The van der Waals surface area contributed by atoms with Gasteiger partial charge < -0.3 is 24.3 Å². The number of nitrogens with zero attached hydrogens (tertiary/aromatic N) is 3. The molecule has 0 saturated heterocycles. The molecule has 0 spiro atoms. The van der Waals surface area contributed by atoms with E-state index in [1.807, 2.05) is 25.2 Å². The van der Waals surface area contributed by atoms with Gasteiger partial charge in [0.1, 0.15) is 11.5 Å². The molecule has 1 amide bonds. The monoisotopic (exact) mass is 558 g/mol. The SMILES string of the molecule is C[C@H]1CC(n2c(Nc3ccc(OC(F)(F)P)cc3)nc3cc(OCC(=O)N(C)C4CC4)ccc32)CC(C)(C)C1. The molecule has 210 valence electrons. The number of rotatable bonds is 9. The molecule has 2 saturated carbocycles. The maximum absolute atomic E-state index is 13.2. The number of imidazole rings is 1. The zero-order valence-electron chi connectivity index (χ0n) is 22.9. The lowest BCUT2D eigenvalue weighted by Crippen LogP contribution is -2.33. The van der Waals surface area contributed by atoms with Crippen LogP contribution in [-0.2, 0) is 4.79 Å². The van der Waals surface area contributed by atoms with Crippen molar-refractivity contribution in [1.29, 1.82) is 0 Å². The number of likely N-dealkylation sites (N-methyl/N-ethyl adjacent to an activating group) is 1. The first-order valence-electron chi connectivity index (χ1n) is 13.5. The number of aromatic nitrogens is 2. The maximum atomic E-state index is 13.2. The Balaban J connectivity index is 1.43. The van der Waals surface area contributed by atoms with Gasteiger partial charge in [-0.2, -0.15) is 8.78 Å². The first-order chi connectivity index (χ1) is 18.4. The summed E-state index contributed by atoms with van der Waals surface area (Å²) in [5.41, 5.74) is 2.63. The Bertz CT molecular complexity index is 1330. The first-order valence-corrected chi connectivity index (χ1v) is 14.1. The normalized spacial score (nSPS) is 21.0. The van der Waals surface area contributed by atoms with Crippen molar-refractivity contribution >= 4 is 37.8 Å². The van der Waals surface area contributed by atoms with Crippen LogP contribution in [0.3, 0.4) is 0 Å². The minimum absolute atomic E-state index is 0.0115. The Morgan fingerprint density at radius 3 is 2.51 bits per heavy atom. The summed E-state index contributed by atoms with van der Waals surface area (Å²) in [4.78, 5) is 19.1. The molecule has 0 radical (unpaired) electrons. The smallest absolute Gasteiger partial charge is 0.408 e. The van der Waals surface area contributed by atoms with Gasteiger partial charge >= 0.3 is 5.85 Å². The molecule has 39 heavy (non-hydrogen) atoms. The van der Waals surface area contributed by atoms with Crippen LogP contribution in [0.1, 0.15) is 58.9 Å². The number of hydrogen-bond acceptors (Lipinski definition) is 5. The number of halogens is 2. The summed E-state index contributed by atoms with van der Waals surface area (Å²) in [5.74, 6) is -1.46. The number of hydrogen-bond donors (Lipinski definition) is 1. The molecule has 1 aromatic heterocycles. The Morgan fingerprint density at radius 2 is 1.87 bits per heavy atom. The van der Waals surface area contributed by atoms with E-state index in [2.05, 4.69) is 35.4 Å². The lowest BCUT2D eigenvalue weighted by Gasteiger charge is -2.40. The van der Waals surface area contributed by atoms with Gasteiger partial charge in [-0.3, -0.25) is 4.79 Å². The molecule has 1 heterocycles. The van der Waals surface area contributed by atoms with Gasteiger partial charge in [0.15, 0.2) is 6.61 Å². The fourth-order valence-electron chi connectivity index (χ4n) is 5.92. The van der Waals surface area contributed by atoms with E-state index in [1.54, 1.807) is 17.0 Å². The fraction of sp³-hybridized carbons (Fsp3) is 0.517. The van der Waals surface area contributed by atoms with Gasteiger partial charge in [0.2, 0.25) is 5.95 Å². The molecule has 2 aliphatic carbocycles. The highest BCUT2D eigenvalue weighted by molar-refractivity contribution is 7.17. The predicted molar refractivity (Wildman–Crippen MR) is 152 cm³/mol. The third-order valence-electron chi connectivity index (χ3n) is 7.60. The largest absolute Gasteiger partial charge is 0.484 e. The van der Waals surface area contributed by atoms with Crippen molar-refractivity contribution in [2.45, 2.75) is 70.8 Å². The summed E-state index contributed by atoms with van der Waals surface area (Å²) < 4.78 is 39.2. The summed E-state index contributed by atoms with van der Waals surface area (Å²) >= 11 is 0. The van der Waals surface area contributed by atoms with E-state index in [4.69, 9.17) is 9.72 Å². The molecular weight excluding hydrogens is 521 g/mol. The number of amides is 1. The van der Waals surface area contributed by atoms with Gasteiger partial charge in [-0.15, -0.1) is 0 Å². The van der Waals surface area contributed by atoms with Crippen molar-refractivity contribution in [3.63, 3.8) is 0 Å². The fourth-order valence-corrected chi connectivity index (χ4v) is 6.06. The van der Waals surface area contributed by atoms with Crippen molar-refractivity contribution in [3.05, 3.63) is 42.5 Å². The zero-order valence-corrected chi connectivity index (χ0v) is 24.1. The number of alkyl halides is 2. The minimum atomic E-state index is -3.33. The highest BCUT2D eigenvalue weighted by Crippen LogP contribution is 2.46. The van der Waals surface area contributed by atoms with E-state index in [1.165, 1.54) is 27.8 Å². The molecule has 2 aromatic carbocycles. The second kappa shape index (κ2) is 10.6. The van der Waals surface area contributed by atoms with Crippen LogP contribution in [0.5, 0.6) is 11.5 Å². The third-order valence-corrected chi connectivity index (χ3v) is 7.72. The highest BCUT2D eigenvalue weighted by atomic mass is 31.0. The van der Waals surface area contributed by atoms with Gasteiger partial charge in [-0.05, 0) is 89.1 Å². The van der Waals surface area contributed by atoms with E-state index < -0.39 is 5.85 Å². The molecule has 10 heteroatoms. The van der Waals surface area contributed by atoms with Crippen LogP contribution in [-0.4, -0.2) is 45.9 Å². The average Bonchev–Trinajstić information content (AvgIpc) is 3.62.